The Morgan fingerprint density at radius 2 is 2.19 bits per heavy atom. The minimum absolute atomic E-state index is 0.00745. The molecule has 3 rings (SSSR count). The fourth-order valence-corrected chi connectivity index (χ4v) is 4.16. The van der Waals surface area contributed by atoms with Crippen molar-refractivity contribution >= 4 is 5.91 Å². The maximum absolute atomic E-state index is 12.4. The Morgan fingerprint density at radius 3 is 2.76 bits per heavy atom. The zero-order valence-electron chi connectivity index (χ0n) is 13.3. The average Bonchev–Trinajstić information content (AvgIpc) is 3.13. The molecule has 5 nitrogen and oxygen atoms in total. The Hall–Kier alpha value is -1.12. The van der Waals surface area contributed by atoms with Gasteiger partial charge < -0.3 is 10.6 Å². The van der Waals surface area contributed by atoms with Gasteiger partial charge in [-0.3, -0.25) is 9.69 Å². The molecule has 2 aliphatic heterocycles. The normalized spacial score (nSPS) is 34.0. The maximum Gasteiger partial charge on any atom is 0.235 e. The molecule has 0 aromatic carbocycles. The van der Waals surface area contributed by atoms with Gasteiger partial charge in [0.25, 0.3) is 0 Å². The topological polar surface area (TPSA) is 68.2 Å². The van der Waals surface area contributed by atoms with E-state index in [1.165, 1.54) is 0 Å². The number of rotatable bonds is 4. The molecule has 3 fully saturated rings. The van der Waals surface area contributed by atoms with Gasteiger partial charge in [0.05, 0.1) is 12.6 Å². The quantitative estimate of drug-likeness (QED) is 0.801. The van der Waals surface area contributed by atoms with E-state index in [2.05, 4.69) is 35.5 Å². The molecule has 0 aromatic heterocycles. The molecule has 1 amide bonds. The van der Waals surface area contributed by atoms with Crippen molar-refractivity contribution in [1.82, 2.24) is 15.5 Å². The van der Waals surface area contributed by atoms with Crippen molar-refractivity contribution in [2.45, 2.75) is 44.7 Å². The van der Waals surface area contributed by atoms with Gasteiger partial charge >= 0.3 is 0 Å². The predicted molar refractivity (Wildman–Crippen MR) is 80.4 cm³/mol. The van der Waals surface area contributed by atoms with Gasteiger partial charge in [-0.05, 0) is 57.9 Å². The summed E-state index contributed by atoms with van der Waals surface area (Å²) < 4.78 is 0. The lowest BCUT2D eigenvalue weighted by Crippen LogP contribution is -2.53. The van der Waals surface area contributed by atoms with E-state index in [1.54, 1.807) is 0 Å². The number of carbonyl (C=O) groups is 1. The number of nitriles is 1. The first kappa shape index (κ1) is 14.8. The van der Waals surface area contributed by atoms with Gasteiger partial charge in [0.1, 0.15) is 5.54 Å². The number of amides is 1. The van der Waals surface area contributed by atoms with E-state index in [4.69, 9.17) is 0 Å². The van der Waals surface area contributed by atoms with Crippen LogP contribution in [0, 0.1) is 29.1 Å². The van der Waals surface area contributed by atoms with E-state index in [0.717, 1.165) is 32.5 Å². The van der Waals surface area contributed by atoms with Crippen LogP contribution in [0.25, 0.3) is 0 Å². The first-order valence-corrected chi connectivity index (χ1v) is 8.05. The summed E-state index contributed by atoms with van der Waals surface area (Å²) in [5.41, 5.74) is -0.632. The van der Waals surface area contributed by atoms with Crippen LogP contribution in [0.15, 0.2) is 0 Å². The first-order chi connectivity index (χ1) is 9.87. The van der Waals surface area contributed by atoms with E-state index >= 15 is 0 Å². The number of hydrogen-bond donors (Lipinski definition) is 2. The lowest BCUT2D eigenvalue weighted by atomic mass is 9.85. The van der Waals surface area contributed by atoms with Crippen LogP contribution in [0.3, 0.4) is 0 Å². The van der Waals surface area contributed by atoms with Crippen LogP contribution < -0.4 is 10.6 Å². The summed E-state index contributed by atoms with van der Waals surface area (Å²) in [7, 11) is 0. The average molecular weight is 290 g/mol. The minimum Gasteiger partial charge on any atom is -0.337 e. The van der Waals surface area contributed by atoms with Crippen LogP contribution in [-0.4, -0.2) is 48.1 Å². The molecule has 0 aromatic rings. The van der Waals surface area contributed by atoms with Crippen LogP contribution >= 0.6 is 0 Å². The van der Waals surface area contributed by atoms with Gasteiger partial charge in [-0.2, -0.15) is 5.26 Å². The Morgan fingerprint density at radius 1 is 1.48 bits per heavy atom. The Bertz CT molecular complexity index is 479. The molecule has 116 valence electrons. The highest BCUT2D eigenvalue weighted by Crippen LogP contribution is 2.41. The summed E-state index contributed by atoms with van der Waals surface area (Å²) in [5.74, 6) is 1.60. The van der Waals surface area contributed by atoms with E-state index in [0.29, 0.717) is 24.3 Å². The van der Waals surface area contributed by atoms with Gasteiger partial charge in [-0.25, -0.2) is 0 Å². The number of likely N-dealkylation sites (tertiary alicyclic amines) is 1. The van der Waals surface area contributed by atoms with Crippen LogP contribution in [0.4, 0.5) is 0 Å². The fourth-order valence-electron chi connectivity index (χ4n) is 4.16. The molecular formula is C16H26N4O. The van der Waals surface area contributed by atoms with Crippen molar-refractivity contribution in [2.75, 3.05) is 26.2 Å². The molecule has 3 atom stereocenters. The minimum atomic E-state index is -0.682. The van der Waals surface area contributed by atoms with E-state index in [-0.39, 0.29) is 11.4 Å². The Kier molecular flexibility index (Phi) is 3.50. The largest absolute Gasteiger partial charge is 0.337 e. The van der Waals surface area contributed by atoms with Crippen molar-refractivity contribution in [1.29, 1.82) is 5.26 Å². The molecule has 21 heavy (non-hydrogen) atoms. The fraction of sp³-hybridized carbons (Fsp3) is 0.875. The lowest BCUT2D eigenvalue weighted by Gasteiger charge is -2.36. The van der Waals surface area contributed by atoms with Crippen molar-refractivity contribution in [3.8, 4) is 6.07 Å². The van der Waals surface area contributed by atoms with Gasteiger partial charge in [0.15, 0.2) is 0 Å². The van der Waals surface area contributed by atoms with Crippen LogP contribution in [-0.2, 0) is 4.79 Å². The summed E-state index contributed by atoms with van der Waals surface area (Å²) in [6.45, 7) is 9.83. The summed E-state index contributed by atoms with van der Waals surface area (Å²) >= 11 is 0. The zero-order valence-corrected chi connectivity index (χ0v) is 13.3. The lowest BCUT2D eigenvalue weighted by molar-refractivity contribution is -0.124. The third kappa shape index (κ3) is 2.56. The summed E-state index contributed by atoms with van der Waals surface area (Å²) in [6, 6.07) is 2.30. The molecule has 1 aliphatic carbocycles. The van der Waals surface area contributed by atoms with Gasteiger partial charge in [-0.1, -0.05) is 0 Å². The molecule has 0 bridgehead atoms. The number of nitrogens with zero attached hydrogens (tertiary/aromatic N) is 2. The second kappa shape index (κ2) is 4.96. The van der Waals surface area contributed by atoms with E-state index < -0.39 is 5.54 Å². The van der Waals surface area contributed by atoms with Crippen LogP contribution in [0.5, 0.6) is 0 Å². The van der Waals surface area contributed by atoms with Crippen LogP contribution in [0.2, 0.25) is 0 Å². The summed E-state index contributed by atoms with van der Waals surface area (Å²) in [6.07, 6.45) is 2.10. The number of hydrogen-bond acceptors (Lipinski definition) is 4. The molecule has 3 unspecified atom stereocenters. The predicted octanol–water partition coefficient (Wildman–Crippen LogP) is 0.725. The van der Waals surface area contributed by atoms with Gasteiger partial charge in [0, 0.05) is 18.6 Å². The highest BCUT2D eigenvalue weighted by molar-refractivity contribution is 5.79. The molecule has 2 heterocycles. The SMILES string of the molecule is CC(C#N)(NC(=O)CN1CC2CNCC2C1(C)C)C1CC1. The molecular weight excluding hydrogens is 264 g/mol. The molecule has 0 radical (unpaired) electrons. The first-order valence-electron chi connectivity index (χ1n) is 8.05. The highest BCUT2D eigenvalue weighted by Gasteiger charge is 2.50. The molecule has 2 saturated heterocycles. The van der Waals surface area contributed by atoms with Gasteiger partial charge in [0.2, 0.25) is 5.91 Å². The van der Waals surface area contributed by atoms with E-state index in [1.807, 2.05) is 6.92 Å². The molecule has 5 heteroatoms. The maximum atomic E-state index is 12.4. The van der Waals surface area contributed by atoms with Crippen molar-refractivity contribution in [3.63, 3.8) is 0 Å². The molecule has 3 aliphatic rings. The summed E-state index contributed by atoms with van der Waals surface area (Å²) in [4.78, 5) is 14.7. The van der Waals surface area contributed by atoms with Crippen LogP contribution in [0.1, 0.15) is 33.6 Å². The van der Waals surface area contributed by atoms with Crippen molar-refractivity contribution < 1.29 is 4.79 Å². The van der Waals surface area contributed by atoms with Crippen molar-refractivity contribution in [3.05, 3.63) is 0 Å². The molecule has 0 spiro atoms. The van der Waals surface area contributed by atoms with E-state index in [9.17, 15) is 10.1 Å². The highest BCUT2D eigenvalue weighted by atomic mass is 16.2. The smallest absolute Gasteiger partial charge is 0.235 e. The second-order valence-electron chi connectivity index (χ2n) is 7.70. The third-order valence-electron chi connectivity index (χ3n) is 5.88. The number of fused-ring (bicyclic) bond motifs is 1. The van der Waals surface area contributed by atoms with Crippen molar-refractivity contribution in [2.24, 2.45) is 17.8 Å². The zero-order chi connectivity index (χ0) is 15.3. The monoisotopic (exact) mass is 290 g/mol. The standard InChI is InChI=1S/C16H26N4O/c1-15(2)13-7-18-6-11(13)8-20(15)9-14(21)19-16(3,10-17)12-4-5-12/h11-13,18H,4-9H2,1-3H3,(H,19,21). The molecule has 1 saturated carbocycles. The summed E-state index contributed by atoms with van der Waals surface area (Å²) in [5, 5.41) is 15.8. The number of carbonyl (C=O) groups excluding carboxylic acids is 1. The Labute approximate surface area is 127 Å². The molecule has 2 N–H and O–H groups in total. The Balaban J connectivity index is 1.62. The number of nitrogens with one attached hydrogen (secondary N) is 2. The van der Waals surface area contributed by atoms with Gasteiger partial charge in [-0.15, -0.1) is 0 Å². The second-order valence-corrected chi connectivity index (χ2v) is 7.70. The third-order valence-corrected chi connectivity index (χ3v) is 5.88.